The number of aliphatic hydroxyl groups excluding tert-OH is 1. The zero-order valence-corrected chi connectivity index (χ0v) is 11.7. The summed E-state index contributed by atoms with van der Waals surface area (Å²) in [7, 11) is 0. The molecule has 0 bridgehead atoms. The van der Waals surface area contributed by atoms with Gasteiger partial charge in [-0.1, -0.05) is 31.4 Å². The van der Waals surface area contributed by atoms with E-state index in [2.05, 4.69) is 12.2 Å². The van der Waals surface area contributed by atoms with Crippen LogP contribution in [0.25, 0.3) is 0 Å². The zero-order chi connectivity index (χ0) is 13.0. The van der Waals surface area contributed by atoms with Crippen LogP contribution in [-0.2, 0) is 0 Å². The second kappa shape index (κ2) is 6.44. The van der Waals surface area contributed by atoms with E-state index in [9.17, 15) is 5.11 Å². The summed E-state index contributed by atoms with van der Waals surface area (Å²) in [6.45, 7) is 2.50. The predicted molar refractivity (Wildman–Crippen MR) is 77.1 cm³/mol. The molecule has 1 fully saturated rings. The summed E-state index contributed by atoms with van der Waals surface area (Å²) >= 11 is 5.87. The van der Waals surface area contributed by atoms with Gasteiger partial charge in [0, 0.05) is 10.7 Å². The fourth-order valence-corrected chi connectivity index (χ4v) is 3.05. The number of benzene rings is 1. The Kier molecular flexibility index (Phi) is 4.90. The molecule has 2 rings (SSSR count). The van der Waals surface area contributed by atoms with Gasteiger partial charge >= 0.3 is 0 Å². The first-order valence-corrected chi connectivity index (χ1v) is 7.20. The van der Waals surface area contributed by atoms with Crippen LogP contribution in [0.4, 0.5) is 5.69 Å². The highest BCUT2D eigenvalue weighted by Crippen LogP contribution is 2.32. The van der Waals surface area contributed by atoms with Crippen LogP contribution in [-0.4, -0.2) is 17.8 Å². The summed E-state index contributed by atoms with van der Waals surface area (Å²) in [6.07, 6.45) is 5.04. The summed E-state index contributed by atoms with van der Waals surface area (Å²) in [5, 5.41) is 13.8. The quantitative estimate of drug-likeness (QED) is 0.866. The number of hydrogen-bond acceptors (Lipinski definition) is 2. The van der Waals surface area contributed by atoms with E-state index in [0.29, 0.717) is 5.92 Å². The van der Waals surface area contributed by atoms with Crippen LogP contribution >= 0.6 is 11.6 Å². The standard InChI is InChI=1S/C15H22ClNO/c1-11-3-2-4-12(9-11)15(10-18)17-14-7-5-13(16)6-8-14/h5-8,11-12,15,17-18H,2-4,9-10H2,1H3. The fourth-order valence-electron chi connectivity index (χ4n) is 2.92. The van der Waals surface area contributed by atoms with Crippen molar-refractivity contribution >= 4 is 17.3 Å². The lowest BCUT2D eigenvalue weighted by Gasteiger charge is -2.33. The lowest BCUT2D eigenvalue weighted by Crippen LogP contribution is -2.35. The molecule has 0 spiro atoms. The highest BCUT2D eigenvalue weighted by atomic mass is 35.5. The van der Waals surface area contributed by atoms with Crippen LogP contribution in [0.2, 0.25) is 5.02 Å². The highest BCUT2D eigenvalue weighted by molar-refractivity contribution is 6.30. The number of rotatable bonds is 4. The van der Waals surface area contributed by atoms with Gasteiger partial charge in [-0.05, 0) is 48.9 Å². The van der Waals surface area contributed by atoms with Crippen molar-refractivity contribution in [2.24, 2.45) is 11.8 Å². The molecule has 1 aromatic rings. The SMILES string of the molecule is CC1CCCC(C(CO)Nc2ccc(Cl)cc2)C1. The molecule has 0 aromatic heterocycles. The molecular weight excluding hydrogens is 246 g/mol. The van der Waals surface area contributed by atoms with Crippen LogP contribution in [0.3, 0.4) is 0 Å². The van der Waals surface area contributed by atoms with Crippen molar-refractivity contribution in [1.29, 1.82) is 0 Å². The van der Waals surface area contributed by atoms with Gasteiger partial charge in [0.2, 0.25) is 0 Å². The van der Waals surface area contributed by atoms with E-state index in [0.717, 1.165) is 16.6 Å². The molecule has 0 saturated heterocycles. The van der Waals surface area contributed by atoms with Gasteiger partial charge in [-0.25, -0.2) is 0 Å². The van der Waals surface area contributed by atoms with Gasteiger partial charge in [-0.15, -0.1) is 0 Å². The molecule has 18 heavy (non-hydrogen) atoms. The third kappa shape index (κ3) is 3.63. The maximum atomic E-state index is 9.59. The van der Waals surface area contributed by atoms with Crippen molar-refractivity contribution in [3.63, 3.8) is 0 Å². The number of anilines is 1. The summed E-state index contributed by atoms with van der Waals surface area (Å²) in [5.41, 5.74) is 1.04. The summed E-state index contributed by atoms with van der Waals surface area (Å²) < 4.78 is 0. The van der Waals surface area contributed by atoms with Gasteiger partial charge in [0.15, 0.2) is 0 Å². The lowest BCUT2D eigenvalue weighted by atomic mass is 9.78. The molecule has 3 heteroatoms. The number of hydrogen-bond donors (Lipinski definition) is 2. The first kappa shape index (κ1) is 13.7. The third-order valence-electron chi connectivity index (χ3n) is 3.94. The largest absolute Gasteiger partial charge is 0.394 e. The molecule has 3 unspecified atom stereocenters. The molecule has 1 aliphatic rings. The van der Waals surface area contributed by atoms with E-state index in [1.54, 1.807) is 0 Å². The Morgan fingerprint density at radius 1 is 1.33 bits per heavy atom. The molecule has 2 nitrogen and oxygen atoms in total. The Labute approximate surface area is 114 Å². The molecule has 3 atom stereocenters. The number of aliphatic hydroxyl groups is 1. The summed E-state index contributed by atoms with van der Waals surface area (Å²) in [6, 6.07) is 7.85. The van der Waals surface area contributed by atoms with Crippen molar-refractivity contribution < 1.29 is 5.11 Å². The lowest BCUT2D eigenvalue weighted by molar-refractivity contribution is 0.188. The summed E-state index contributed by atoms with van der Waals surface area (Å²) in [4.78, 5) is 0. The van der Waals surface area contributed by atoms with E-state index >= 15 is 0 Å². The average molecular weight is 268 g/mol. The van der Waals surface area contributed by atoms with Gasteiger partial charge in [-0.2, -0.15) is 0 Å². The van der Waals surface area contributed by atoms with Crippen molar-refractivity contribution in [1.82, 2.24) is 0 Å². The van der Waals surface area contributed by atoms with Crippen LogP contribution in [0.1, 0.15) is 32.6 Å². The van der Waals surface area contributed by atoms with E-state index in [-0.39, 0.29) is 12.6 Å². The molecule has 2 N–H and O–H groups in total. The second-order valence-electron chi connectivity index (χ2n) is 5.47. The van der Waals surface area contributed by atoms with Gasteiger partial charge in [0.1, 0.15) is 0 Å². The highest BCUT2D eigenvalue weighted by Gasteiger charge is 2.26. The minimum absolute atomic E-state index is 0.161. The Bertz CT molecular complexity index is 365. The molecule has 1 aromatic carbocycles. The van der Waals surface area contributed by atoms with E-state index in [1.807, 2.05) is 24.3 Å². The van der Waals surface area contributed by atoms with Crippen LogP contribution in [0.5, 0.6) is 0 Å². The Morgan fingerprint density at radius 2 is 2.06 bits per heavy atom. The van der Waals surface area contributed by atoms with Crippen molar-refractivity contribution in [3.05, 3.63) is 29.3 Å². The molecule has 1 aliphatic carbocycles. The summed E-state index contributed by atoms with van der Waals surface area (Å²) in [5.74, 6) is 1.36. The minimum Gasteiger partial charge on any atom is -0.394 e. The number of nitrogens with one attached hydrogen (secondary N) is 1. The Hall–Kier alpha value is -0.730. The smallest absolute Gasteiger partial charge is 0.0635 e. The third-order valence-corrected chi connectivity index (χ3v) is 4.19. The molecule has 0 aliphatic heterocycles. The Balaban J connectivity index is 1.98. The molecule has 0 heterocycles. The molecule has 1 saturated carbocycles. The normalized spacial score (nSPS) is 25.7. The molecule has 0 radical (unpaired) electrons. The van der Waals surface area contributed by atoms with Crippen LogP contribution in [0, 0.1) is 11.8 Å². The maximum Gasteiger partial charge on any atom is 0.0635 e. The molecular formula is C15H22ClNO. The minimum atomic E-state index is 0.161. The van der Waals surface area contributed by atoms with E-state index in [1.165, 1.54) is 25.7 Å². The van der Waals surface area contributed by atoms with Gasteiger partial charge in [-0.3, -0.25) is 0 Å². The zero-order valence-electron chi connectivity index (χ0n) is 10.9. The molecule has 100 valence electrons. The monoisotopic (exact) mass is 267 g/mol. The molecule has 0 amide bonds. The maximum absolute atomic E-state index is 9.59. The van der Waals surface area contributed by atoms with Crippen LogP contribution < -0.4 is 5.32 Å². The van der Waals surface area contributed by atoms with Crippen molar-refractivity contribution in [2.75, 3.05) is 11.9 Å². The van der Waals surface area contributed by atoms with E-state index < -0.39 is 0 Å². The van der Waals surface area contributed by atoms with Gasteiger partial charge in [0.25, 0.3) is 0 Å². The average Bonchev–Trinajstić information content (AvgIpc) is 2.38. The first-order valence-electron chi connectivity index (χ1n) is 6.82. The van der Waals surface area contributed by atoms with Crippen molar-refractivity contribution in [2.45, 2.75) is 38.6 Å². The van der Waals surface area contributed by atoms with E-state index in [4.69, 9.17) is 11.6 Å². The first-order chi connectivity index (χ1) is 8.69. The van der Waals surface area contributed by atoms with Crippen LogP contribution in [0.15, 0.2) is 24.3 Å². The second-order valence-corrected chi connectivity index (χ2v) is 5.91. The van der Waals surface area contributed by atoms with Crippen molar-refractivity contribution in [3.8, 4) is 0 Å². The van der Waals surface area contributed by atoms with Gasteiger partial charge < -0.3 is 10.4 Å². The predicted octanol–water partition coefficient (Wildman–Crippen LogP) is 3.94. The Morgan fingerprint density at radius 3 is 2.67 bits per heavy atom. The topological polar surface area (TPSA) is 32.3 Å². The number of halogens is 1. The fraction of sp³-hybridized carbons (Fsp3) is 0.600. The van der Waals surface area contributed by atoms with Gasteiger partial charge in [0.05, 0.1) is 12.6 Å².